The zero-order valence-corrected chi connectivity index (χ0v) is 9.71. The second-order valence-corrected chi connectivity index (χ2v) is 3.79. The van der Waals surface area contributed by atoms with Gasteiger partial charge >= 0.3 is 0 Å². The molecule has 1 heterocycles. The minimum atomic E-state index is -0.101. The summed E-state index contributed by atoms with van der Waals surface area (Å²) < 4.78 is 1.79. The summed E-state index contributed by atoms with van der Waals surface area (Å²) >= 11 is 0. The molecule has 0 bridgehead atoms. The number of anilines is 1. The molecular weight excluding hydrogens is 226 g/mol. The number of carbonyl (C=O) groups is 1. The number of rotatable bonds is 3. The van der Waals surface area contributed by atoms with E-state index in [1.165, 1.54) is 0 Å². The van der Waals surface area contributed by atoms with Crippen molar-refractivity contribution < 1.29 is 9.36 Å². The van der Waals surface area contributed by atoms with Gasteiger partial charge in [-0.05, 0) is 24.3 Å². The molecule has 0 atom stereocenters. The number of aromatic nitrogens is 1. The lowest BCUT2D eigenvalue weighted by molar-refractivity contribution is -0.684. The highest BCUT2D eigenvalue weighted by Crippen LogP contribution is 2.08. The molecule has 18 heavy (non-hydrogen) atoms. The summed E-state index contributed by atoms with van der Waals surface area (Å²) in [7, 11) is 0. The molecule has 2 aromatic rings. The molecule has 0 aliphatic carbocycles. The molecule has 0 saturated heterocycles. The van der Waals surface area contributed by atoms with Crippen molar-refractivity contribution >= 4 is 11.6 Å². The van der Waals surface area contributed by atoms with Crippen LogP contribution in [-0.4, -0.2) is 5.91 Å². The van der Waals surface area contributed by atoms with Gasteiger partial charge in [-0.3, -0.25) is 4.79 Å². The van der Waals surface area contributed by atoms with Gasteiger partial charge in [-0.1, -0.05) is 6.07 Å². The zero-order chi connectivity index (χ0) is 12.8. The average Bonchev–Trinajstić information content (AvgIpc) is 2.40. The third kappa shape index (κ3) is 3.16. The van der Waals surface area contributed by atoms with Crippen LogP contribution in [0.15, 0.2) is 54.9 Å². The van der Waals surface area contributed by atoms with Crippen molar-refractivity contribution in [1.29, 1.82) is 5.26 Å². The minimum absolute atomic E-state index is 0.101. The van der Waals surface area contributed by atoms with Gasteiger partial charge in [-0.15, -0.1) is 0 Å². The van der Waals surface area contributed by atoms with Crippen molar-refractivity contribution in [2.45, 2.75) is 6.54 Å². The molecule has 1 aromatic carbocycles. The number of hydrogen-bond donors (Lipinski definition) is 1. The summed E-state index contributed by atoms with van der Waals surface area (Å²) in [6.07, 6.45) is 3.66. The van der Waals surface area contributed by atoms with E-state index in [0.717, 1.165) is 0 Å². The van der Waals surface area contributed by atoms with Crippen LogP contribution in [0, 0.1) is 11.3 Å². The van der Waals surface area contributed by atoms with Crippen LogP contribution in [0.5, 0.6) is 0 Å². The van der Waals surface area contributed by atoms with Gasteiger partial charge in [0.15, 0.2) is 12.4 Å². The van der Waals surface area contributed by atoms with Crippen LogP contribution in [0.2, 0.25) is 0 Å². The Morgan fingerprint density at radius 3 is 2.44 bits per heavy atom. The number of pyridine rings is 1. The maximum absolute atomic E-state index is 11.7. The van der Waals surface area contributed by atoms with E-state index in [1.54, 1.807) is 28.8 Å². The fraction of sp³-hybridized carbons (Fsp3) is 0.0714. The van der Waals surface area contributed by atoms with Gasteiger partial charge in [-0.25, -0.2) is 0 Å². The lowest BCUT2D eigenvalue weighted by Gasteiger charge is -2.02. The molecule has 0 fully saturated rings. The van der Waals surface area contributed by atoms with Gasteiger partial charge in [0.05, 0.1) is 11.6 Å². The van der Waals surface area contributed by atoms with Crippen molar-refractivity contribution in [2.75, 3.05) is 5.32 Å². The first-order valence-corrected chi connectivity index (χ1v) is 5.52. The largest absolute Gasteiger partial charge is 0.321 e. The predicted octanol–water partition coefficient (Wildman–Crippen LogP) is 1.48. The molecule has 4 heteroatoms. The Balaban J connectivity index is 1.97. The summed E-state index contributed by atoms with van der Waals surface area (Å²) in [6, 6.07) is 14.4. The molecular formula is C14H12N3O+. The van der Waals surface area contributed by atoms with Crippen LogP contribution in [0.1, 0.15) is 5.56 Å². The molecule has 4 nitrogen and oxygen atoms in total. The van der Waals surface area contributed by atoms with Gasteiger partial charge in [0.25, 0.3) is 5.91 Å². The van der Waals surface area contributed by atoms with E-state index in [9.17, 15) is 4.79 Å². The van der Waals surface area contributed by atoms with Crippen molar-refractivity contribution in [1.82, 2.24) is 0 Å². The molecule has 0 aliphatic rings. The number of carbonyl (C=O) groups excluding carboxylic acids is 1. The van der Waals surface area contributed by atoms with Crippen LogP contribution in [0.4, 0.5) is 5.69 Å². The number of hydrogen-bond acceptors (Lipinski definition) is 2. The molecule has 2 rings (SSSR count). The van der Waals surface area contributed by atoms with Crippen molar-refractivity contribution in [3.8, 4) is 6.07 Å². The van der Waals surface area contributed by atoms with Crippen LogP contribution in [0.25, 0.3) is 0 Å². The summed E-state index contributed by atoms with van der Waals surface area (Å²) in [5.74, 6) is -0.101. The molecule has 0 aliphatic heterocycles. The molecule has 1 N–H and O–H groups in total. The highest BCUT2D eigenvalue weighted by atomic mass is 16.1. The number of amides is 1. The summed E-state index contributed by atoms with van der Waals surface area (Å²) in [5.41, 5.74) is 1.26. The van der Waals surface area contributed by atoms with Crippen LogP contribution in [0.3, 0.4) is 0 Å². The number of nitrogens with one attached hydrogen (secondary N) is 1. The summed E-state index contributed by atoms with van der Waals surface area (Å²) in [5, 5.41) is 11.4. The van der Waals surface area contributed by atoms with Gasteiger partial charge in [0.2, 0.25) is 6.54 Å². The lowest BCUT2D eigenvalue weighted by Crippen LogP contribution is -2.39. The highest BCUT2D eigenvalue weighted by molar-refractivity contribution is 5.89. The molecule has 0 unspecified atom stereocenters. The fourth-order valence-corrected chi connectivity index (χ4v) is 1.53. The van der Waals surface area contributed by atoms with Crippen molar-refractivity contribution in [2.24, 2.45) is 0 Å². The molecule has 0 radical (unpaired) electrons. The van der Waals surface area contributed by atoms with E-state index in [2.05, 4.69) is 5.32 Å². The monoisotopic (exact) mass is 238 g/mol. The first-order valence-electron chi connectivity index (χ1n) is 5.52. The second kappa shape index (κ2) is 5.60. The Bertz CT molecular complexity index is 570. The molecule has 0 spiro atoms. The van der Waals surface area contributed by atoms with E-state index < -0.39 is 0 Å². The number of benzene rings is 1. The molecule has 0 saturated carbocycles. The standard InChI is InChI=1S/C14H11N3O/c15-10-12-4-6-13(7-5-12)16-14(18)11-17-8-2-1-3-9-17/h1-9H,11H2/p+1. The van der Waals surface area contributed by atoms with E-state index in [4.69, 9.17) is 5.26 Å². The van der Waals surface area contributed by atoms with Crippen LogP contribution < -0.4 is 9.88 Å². The smallest absolute Gasteiger partial charge is 0.290 e. The minimum Gasteiger partial charge on any atom is -0.321 e. The SMILES string of the molecule is N#Cc1ccc(NC(=O)C[n+]2ccccc2)cc1. The van der Waals surface area contributed by atoms with E-state index in [1.807, 2.05) is 36.7 Å². The highest BCUT2D eigenvalue weighted by Gasteiger charge is 2.08. The van der Waals surface area contributed by atoms with Gasteiger partial charge < -0.3 is 5.32 Å². The van der Waals surface area contributed by atoms with E-state index in [0.29, 0.717) is 11.3 Å². The average molecular weight is 238 g/mol. The molecule has 88 valence electrons. The van der Waals surface area contributed by atoms with Crippen molar-refractivity contribution in [3.05, 3.63) is 60.4 Å². The Labute approximate surface area is 105 Å². The maximum Gasteiger partial charge on any atom is 0.290 e. The Morgan fingerprint density at radius 1 is 1.17 bits per heavy atom. The fourth-order valence-electron chi connectivity index (χ4n) is 1.53. The van der Waals surface area contributed by atoms with Gasteiger partial charge in [0.1, 0.15) is 0 Å². The number of nitrogens with zero attached hydrogens (tertiary/aromatic N) is 2. The first-order chi connectivity index (χ1) is 8.78. The third-order valence-electron chi connectivity index (χ3n) is 2.40. The van der Waals surface area contributed by atoms with Crippen LogP contribution in [-0.2, 0) is 11.3 Å². The lowest BCUT2D eigenvalue weighted by atomic mass is 10.2. The molecule has 1 amide bonds. The number of nitriles is 1. The summed E-state index contributed by atoms with van der Waals surface area (Å²) in [4.78, 5) is 11.7. The maximum atomic E-state index is 11.7. The van der Waals surface area contributed by atoms with Crippen LogP contribution >= 0.6 is 0 Å². The summed E-state index contributed by atoms with van der Waals surface area (Å²) in [6.45, 7) is 0.265. The predicted molar refractivity (Wildman–Crippen MR) is 66.4 cm³/mol. The first kappa shape index (κ1) is 11.8. The Morgan fingerprint density at radius 2 is 1.83 bits per heavy atom. The normalized spacial score (nSPS) is 9.50. The second-order valence-electron chi connectivity index (χ2n) is 3.79. The third-order valence-corrected chi connectivity index (χ3v) is 2.40. The topological polar surface area (TPSA) is 56.8 Å². The Kier molecular flexibility index (Phi) is 3.67. The Hall–Kier alpha value is -2.67. The van der Waals surface area contributed by atoms with Gasteiger partial charge in [-0.2, -0.15) is 9.83 Å². The zero-order valence-electron chi connectivity index (χ0n) is 9.71. The van der Waals surface area contributed by atoms with E-state index in [-0.39, 0.29) is 12.5 Å². The quantitative estimate of drug-likeness (QED) is 0.823. The van der Waals surface area contributed by atoms with Crippen molar-refractivity contribution in [3.63, 3.8) is 0 Å². The van der Waals surface area contributed by atoms with Gasteiger partial charge in [0, 0.05) is 17.8 Å². The molecule has 1 aromatic heterocycles. The van der Waals surface area contributed by atoms with E-state index >= 15 is 0 Å².